The maximum Gasteiger partial charge on any atom is 0.229 e. The van der Waals surface area contributed by atoms with Crippen LogP contribution in [0.4, 0.5) is 11.4 Å². The van der Waals surface area contributed by atoms with Crippen LogP contribution in [0.15, 0.2) is 36.4 Å². The van der Waals surface area contributed by atoms with Crippen molar-refractivity contribution in [2.24, 2.45) is 0 Å². The van der Waals surface area contributed by atoms with Crippen LogP contribution in [0.5, 0.6) is 5.75 Å². The van der Waals surface area contributed by atoms with Crippen molar-refractivity contribution >= 4 is 50.5 Å². The lowest BCUT2D eigenvalue weighted by atomic mass is 10.1. The number of amides is 1. The first kappa shape index (κ1) is 23.9. The fourth-order valence-corrected chi connectivity index (χ4v) is 4.08. The molecule has 2 aromatic carbocycles. The Balaban J connectivity index is 1.82. The molecule has 0 atom stereocenters. The Morgan fingerprint density at radius 1 is 1.12 bits per heavy atom. The van der Waals surface area contributed by atoms with E-state index in [0.717, 1.165) is 23.2 Å². The van der Waals surface area contributed by atoms with Crippen molar-refractivity contribution in [3.63, 3.8) is 0 Å². The van der Waals surface area contributed by atoms with E-state index < -0.39 is 10.0 Å². The second-order valence-corrected chi connectivity index (χ2v) is 9.74. The number of methoxy groups -OCH3 is 1. The summed E-state index contributed by atoms with van der Waals surface area (Å²) in [5.41, 5.74) is 3.67. The molecule has 3 aromatic rings. The van der Waals surface area contributed by atoms with E-state index in [1.807, 2.05) is 13.8 Å². The molecule has 0 fully saturated rings. The van der Waals surface area contributed by atoms with Crippen LogP contribution >= 0.6 is 23.2 Å². The minimum atomic E-state index is -3.52. The van der Waals surface area contributed by atoms with E-state index >= 15 is 0 Å². The number of nitrogens with one attached hydrogen (secondary N) is 2. The van der Waals surface area contributed by atoms with E-state index in [4.69, 9.17) is 27.9 Å². The molecule has 0 saturated carbocycles. The van der Waals surface area contributed by atoms with Gasteiger partial charge in [-0.1, -0.05) is 23.2 Å². The first-order valence-corrected chi connectivity index (χ1v) is 12.1. The highest BCUT2D eigenvalue weighted by Gasteiger charge is 2.17. The summed E-state index contributed by atoms with van der Waals surface area (Å²) < 4.78 is 32.5. The molecule has 0 spiro atoms. The molecule has 1 heterocycles. The van der Waals surface area contributed by atoms with Gasteiger partial charge in [0, 0.05) is 16.9 Å². The quantitative estimate of drug-likeness (QED) is 0.505. The minimum absolute atomic E-state index is 0.0832. The fraction of sp³-hybridized carbons (Fsp3) is 0.238. The van der Waals surface area contributed by atoms with E-state index in [1.54, 1.807) is 35.0 Å². The molecule has 0 radical (unpaired) electrons. The average Bonchev–Trinajstić information content (AvgIpc) is 2.97. The van der Waals surface area contributed by atoms with Crippen molar-refractivity contribution in [2.45, 2.75) is 20.3 Å². The first-order chi connectivity index (χ1) is 15.0. The van der Waals surface area contributed by atoms with Gasteiger partial charge in [-0.25, -0.2) is 13.1 Å². The van der Waals surface area contributed by atoms with Crippen LogP contribution in [0.1, 0.15) is 17.0 Å². The largest absolute Gasteiger partial charge is 0.495 e. The van der Waals surface area contributed by atoms with Crippen molar-refractivity contribution in [2.75, 3.05) is 23.4 Å². The molecule has 0 aliphatic heterocycles. The molecule has 11 heteroatoms. The number of rotatable bonds is 7. The Labute approximate surface area is 196 Å². The lowest BCUT2D eigenvalue weighted by Gasteiger charge is -2.12. The molecule has 32 heavy (non-hydrogen) atoms. The highest BCUT2D eigenvalue weighted by molar-refractivity contribution is 7.92. The Morgan fingerprint density at radius 3 is 2.47 bits per heavy atom. The van der Waals surface area contributed by atoms with Crippen LogP contribution in [0, 0.1) is 13.8 Å². The maximum absolute atomic E-state index is 12.7. The third kappa shape index (κ3) is 5.53. The normalized spacial score (nSPS) is 11.3. The lowest BCUT2D eigenvalue weighted by molar-refractivity contribution is -0.115. The molecule has 8 nitrogen and oxygen atoms in total. The highest BCUT2D eigenvalue weighted by atomic mass is 35.5. The molecule has 0 bridgehead atoms. The van der Waals surface area contributed by atoms with Gasteiger partial charge >= 0.3 is 0 Å². The first-order valence-electron chi connectivity index (χ1n) is 9.44. The SMILES string of the molecule is COc1ccc(NC(=O)Cc2c(C)nn(-c3ccc(Cl)c(Cl)c3)c2C)cc1NS(C)(=O)=O. The molecular formula is C21H22Cl2N4O4S. The van der Waals surface area contributed by atoms with Crippen molar-refractivity contribution in [1.82, 2.24) is 9.78 Å². The van der Waals surface area contributed by atoms with Gasteiger partial charge in [-0.05, 0) is 50.2 Å². The second-order valence-electron chi connectivity index (χ2n) is 7.17. The zero-order chi connectivity index (χ0) is 23.6. The number of benzene rings is 2. The number of halogens is 2. The summed E-state index contributed by atoms with van der Waals surface area (Å²) in [5, 5.41) is 8.17. The number of anilines is 2. The summed E-state index contributed by atoms with van der Waals surface area (Å²) in [6.45, 7) is 3.69. The third-order valence-corrected chi connectivity index (χ3v) is 6.03. The van der Waals surface area contributed by atoms with Gasteiger partial charge in [-0.2, -0.15) is 5.10 Å². The predicted molar refractivity (Wildman–Crippen MR) is 127 cm³/mol. The van der Waals surface area contributed by atoms with Gasteiger partial charge in [0.25, 0.3) is 0 Å². The molecular weight excluding hydrogens is 475 g/mol. The molecule has 1 aromatic heterocycles. The van der Waals surface area contributed by atoms with Gasteiger partial charge in [0.1, 0.15) is 5.75 Å². The standard InChI is InChI=1S/C21H22Cl2N4O4S/c1-12-16(13(2)27(25-12)15-6-7-17(22)18(23)10-15)11-21(28)24-14-5-8-20(31-3)19(9-14)26-32(4,29)30/h5-10,26H,11H2,1-4H3,(H,24,28). The monoisotopic (exact) mass is 496 g/mol. The van der Waals surface area contributed by atoms with Crippen molar-refractivity contribution in [3.8, 4) is 11.4 Å². The molecule has 170 valence electrons. The lowest BCUT2D eigenvalue weighted by Crippen LogP contribution is -2.16. The summed E-state index contributed by atoms with van der Waals surface area (Å²) in [6.07, 6.45) is 1.12. The van der Waals surface area contributed by atoms with E-state index in [0.29, 0.717) is 27.2 Å². The summed E-state index contributed by atoms with van der Waals surface area (Å²) in [5.74, 6) is 0.0587. The smallest absolute Gasteiger partial charge is 0.229 e. The molecule has 1 amide bonds. The average molecular weight is 497 g/mol. The predicted octanol–water partition coefficient (Wildman–Crippen LogP) is 4.36. The maximum atomic E-state index is 12.7. The van der Waals surface area contributed by atoms with Crippen molar-refractivity contribution in [3.05, 3.63) is 63.4 Å². The topological polar surface area (TPSA) is 102 Å². The molecule has 0 aliphatic rings. The van der Waals surface area contributed by atoms with E-state index in [1.165, 1.54) is 13.2 Å². The summed E-state index contributed by atoms with van der Waals surface area (Å²) >= 11 is 12.1. The minimum Gasteiger partial charge on any atom is -0.495 e. The molecule has 3 rings (SSSR count). The van der Waals surface area contributed by atoms with Crippen molar-refractivity contribution < 1.29 is 17.9 Å². The van der Waals surface area contributed by atoms with Gasteiger partial charge in [0.15, 0.2) is 0 Å². The van der Waals surface area contributed by atoms with Crippen LogP contribution < -0.4 is 14.8 Å². The number of nitrogens with zero attached hydrogens (tertiary/aromatic N) is 2. The number of carbonyl (C=O) groups is 1. The Bertz CT molecular complexity index is 1290. The number of aromatic nitrogens is 2. The van der Waals surface area contributed by atoms with Crippen LogP contribution in [-0.4, -0.2) is 37.5 Å². The zero-order valence-electron chi connectivity index (χ0n) is 17.9. The van der Waals surface area contributed by atoms with Crippen molar-refractivity contribution in [1.29, 1.82) is 0 Å². The number of carbonyl (C=O) groups excluding carboxylic acids is 1. The second kappa shape index (κ2) is 9.40. The van der Waals surface area contributed by atoms with Gasteiger partial charge in [-0.15, -0.1) is 0 Å². The fourth-order valence-electron chi connectivity index (χ4n) is 3.23. The Hall–Kier alpha value is -2.75. The number of hydrogen-bond donors (Lipinski definition) is 2. The van der Waals surface area contributed by atoms with E-state index in [9.17, 15) is 13.2 Å². The Kier molecular flexibility index (Phi) is 7.02. The van der Waals surface area contributed by atoms with E-state index in [-0.39, 0.29) is 18.0 Å². The summed E-state index contributed by atoms with van der Waals surface area (Å²) in [7, 11) is -2.09. The van der Waals surface area contributed by atoms with E-state index in [2.05, 4.69) is 15.1 Å². The number of sulfonamides is 1. The zero-order valence-corrected chi connectivity index (χ0v) is 20.2. The Morgan fingerprint density at radius 2 is 1.84 bits per heavy atom. The molecule has 2 N–H and O–H groups in total. The van der Waals surface area contributed by atoms with Crippen LogP contribution in [0.3, 0.4) is 0 Å². The molecule has 0 unspecified atom stereocenters. The summed E-state index contributed by atoms with van der Waals surface area (Å²) in [4.78, 5) is 12.7. The van der Waals surface area contributed by atoms with Gasteiger partial charge in [-0.3, -0.25) is 9.52 Å². The third-order valence-electron chi connectivity index (χ3n) is 4.70. The van der Waals surface area contributed by atoms with Gasteiger partial charge < -0.3 is 10.1 Å². The molecule has 0 saturated heterocycles. The van der Waals surface area contributed by atoms with Gasteiger partial charge in [0.2, 0.25) is 15.9 Å². The number of aryl methyl sites for hydroxylation is 1. The summed E-state index contributed by atoms with van der Waals surface area (Å²) in [6, 6.07) is 9.89. The van der Waals surface area contributed by atoms with Crippen LogP contribution in [0.25, 0.3) is 5.69 Å². The van der Waals surface area contributed by atoms with Gasteiger partial charge in [0.05, 0.1) is 46.9 Å². The highest BCUT2D eigenvalue weighted by Crippen LogP contribution is 2.29. The molecule has 0 aliphatic carbocycles. The van der Waals surface area contributed by atoms with Crippen LogP contribution in [0.2, 0.25) is 10.0 Å². The van der Waals surface area contributed by atoms with Crippen LogP contribution in [-0.2, 0) is 21.2 Å². The number of ether oxygens (including phenoxy) is 1. The number of hydrogen-bond acceptors (Lipinski definition) is 5.